The van der Waals surface area contributed by atoms with Crippen LogP contribution in [-0.2, 0) is 0 Å². The number of nitrogens with zero attached hydrogens (tertiary/aromatic N) is 4. The molecule has 136 valence electrons. The molecule has 3 rings (SSSR count). The van der Waals surface area contributed by atoms with Crippen molar-refractivity contribution in [2.24, 2.45) is 11.7 Å². The fraction of sp³-hybridized carbons (Fsp3) is 0.368. The zero-order chi connectivity index (χ0) is 18.7. The second-order valence-electron chi connectivity index (χ2n) is 6.82. The zero-order valence-electron chi connectivity index (χ0n) is 15.3. The van der Waals surface area contributed by atoms with Crippen LogP contribution < -0.4 is 11.1 Å². The molecule has 7 heteroatoms. The predicted molar refractivity (Wildman–Crippen MR) is 101 cm³/mol. The molecule has 0 spiro atoms. The van der Waals surface area contributed by atoms with Gasteiger partial charge >= 0.3 is 0 Å². The summed E-state index contributed by atoms with van der Waals surface area (Å²) in [5.41, 5.74) is 8.49. The van der Waals surface area contributed by atoms with Crippen LogP contribution >= 0.6 is 0 Å². The van der Waals surface area contributed by atoms with E-state index < -0.39 is 0 Å². The maximum Gasteiger partial charge on any atom is 0.274 e. The Morgan fingerprint density at radius 3 is 2.81 bits per heavy atom. The molecule has 0 bridgehead atoms. The monoisotopic (exact) mass is 352 g/mol. The first-order chi connectivity index (χ1) is 12.5. The molecule has 1 unspecified atom stereocenters. The fourth-order valence-electron chi connectivity index (χ4n) is 3.08. The molecule has 2 heterocycles. The average molecular weight is 352 g/mol. The van der Waals surface area contributed by atoms with Crippen molar-refractivity contribution in [2.45, 2.75) is 33.2 Å². The Morgan fingerprint density at radius 1 is 1.27 bits per heavy atom. The number of carbonyl (C=O) groups is 1. The molecule has 0 fully saturated rings. The normalized spacial score (nSPS) is 12.5. The van der Waals surface area contributed by atoms with Gasteiger partial charge in [-0.05, 0) is 43.5 Å². The lowest BCUT2D eigenvalue weighted by Gasteiger charge is -2.18. The molecule has 0 saturated heterocycles. The third-order valence-electron chi connectivity index (χ3n) is 4.34. The smallest absolute Gasteiger partial charge is 0.274 e. The summed E-state index contributed by atoms with van der Waals surface area (Å²) in [6.07, 6.45) is 2.57. The van der Waals surface area contributed by atoms with E-state index in [0.29, 0.717) is 23.9 Å². The molecule has 26 heavy (non-hydrogen) atoms. The van der Waals surface area contributed by atoms with Gasteiger partial charge in [0.05, 0.1) is 16.9 Å². The minimum absolute atomic E-state index is 0.0752. The van der Waals surface area contributed by atoms with E-state index in [1.165, 1.54) is 0 Å². The van der Waals surface area contributed by atoms with Gasteiger partial charge in [-0.1, -0.05) is 25.1 Å². The van der Waals surface area contributed by atoms with Crippen LogP contribution in [0, 0.1) is 12.8 Å². The van der Waals surface area contributed by atoms with Gasteiger partial charge in [0.1, 0.15) is 0 Å². The van der Waals surface area contributed by atoms with E-state index in [0.717, 1.165) is 23.0 Å². The third-order valence-corrected chi connectivity index (χ3v) is 4.34. The fourth-order valence-corrected chi connectivity index (χ4v) is 3.08. The van der Waals surface area contributed by atoms with Gasteiger partial charge in [0.15, 0.2) is 5.69 Å². The van der Waals surface area contributed by atoms with Gasteiger partial charge in [0.25, 0.3) is 5.91 Å². The van der Waals surface area contributed by atoms with E-state index >= 15 is 0 Å². The van der Waals surface area contributed by atoms with Crippen molar-refractivity contribution in [3.8, 4) is 5.69 Å². The van der Waals surface area contributed by atoms with Gasteiger partial charge in [0.2, 0.25) is 0 Å². The van der Waals surface area contributed by atoms with Crippen LogP contribution in [0.15, 0.2) is 36.5 Å². The third kappa shape index (κ3) is 3.57. The molecular formula is C19H24N6O. The Kier molecular flexibility index (Phi) is 5.27. The second-order valence-corrected chi connectivity index (χ2v) is 6.82. The first-order valence-electron chi connectivity index (χ1n) is 8.78. The summed E-state index contributed by atoms with van der Waals surface area (Å²) in [7, 11) is 0. The molecule has 1 amide bonds. The largest absolute Gasteiger partial charge is 0.347 e. The molecule has 2 aromatic heterocycles. The van der Waals surface area contributed by atoms with E-state index in [1.807, 2.05) is 37.3 Å². The number of benzene rings is 1. The molecule has 3 N–H and O–H groups in total. The number of nitrogens with one attached hydrogen (secondary N) is 1. The van der Waals surface area contributed by atoms with Crippen LogP contribution in [0.4, 0.5) is 0 Å². The Labute approximate surface area is 152 Å². The number of rotatable bonds is 6. The summed E-state index contributed by atoms with van der Waals surface area (Å²) in [5.74, 6) is 0.201. The van der Waals surface area contributed by atoms with E-state index in [9.17, 15) is 4.79 Å². The van der Waals surface area contributed by atoms with Gasteiger partial charge in [0, 0.05) is 24.2 Å². The molecule has 0 aliphatic heterocycles. The number of pyridine rings is 1. The molecule has 1 aromatic carbocycles. The maximum atomic E-state index is 12.6. The van der Waals surface area contributed by atoms with Crippen LogP contribution in [0.2, 0.25) is 0 Å². The molecule has 1 atom stereocenters. The van der Waals surface area contributed by atoms with Crippen molar-refractivity contribution in [3.05, 3.63) is 47.9 Å². The van der Waals surface area contributed by atoms with Crippen molar-refractivity contribution in [2.75, 3.05) is 6.54 Å². The van der Waals surface area contributed by atoms with E-state index in [2.05, 4.69) is 34.5 Å². The summed E-state index contributed by atoms with van der Waals surface area (Å²) >= 11 is 0. The van der Waals surface area contributed by atoms with Crippen LogP contribution in [-0.4, -0.2) is 38.5 Å². The summed E-state index contributed by atoms with van der Waals surface area (Å²) in [4.78, 5) is 17.0. The summed E-state index contributed by atoms with van der Waals surface area (Å²) < 4.78 is 1.68. The average Bonchev–Trinajstić information content (AvgIpc) is 3.01. The highest BCUT2D eigenvalue weighted by Gasteiger charge is 2.21. The lowest BCUT2D eigenvalue weighted by Crippen LogP contribution is -2.41. The minimum atomic E-state index is -0.247. The highest BCUT2D eigenvalue weighted by Crippen LogP contribution is 2.21. The number of carbonyl (C=O) groups excluding carboxylic acids is 1. The molecular weight excluding hydrogens is 328 g/mol. The number of aromatic nitrogens is 4. The first kappa shape index (κ1) is 18.0. The van der Waals surface area contributed by atoms with Gasteiger partial charge in [-0.15, -0.1) is 5.10 Å². The van der Waals surface area contributed by atoms with Gasteiger partial charge < -0.3 is 11.1 Å². The lowest BCUT2D eigenvalue weighted by molar-refractivity contribution is 0.0928. The van der Waals surface area contributed by atoms with Crippen molar-refractivity contribution >= 4 is 16.8 Å². The van der Waals surface area contributed by atoms with E-state index in [1.54, 1.807) is 10.9 Å². The van der Waals surface area contributed by atoms with Crippen molar-refractivity contribution in [1.82, 2.24) is 25.3 Å². The summed E-state index contributed by atoms with van der Waals surface area (Å²) in [6.45, 7) is 6.44. The maximum absolute atomic E-state index is 12.6. The first-order valence-corrected chi connectivity index (χ1v) is 8.78. The highest BCUT2D eigenvalue weighted by molar-refractivity contribution is 5.94. The number of amides is 1. The standard InChI is InChI=1S/C19H24N6O/c1-12(2)10-14(11-20)22-19(26)18-13(3)25(24-23-18)17-8-4-7-16-15(17)6-5-9-21-16/h4-9,12,14H,10-11,20H2,1-3H3,(H,22,26). The molecule has 3 aromatic rings. The van der Waals surface area contributed by atoms with E-state index in [-0.39, 0.29) is 11.9 Å². The number of hydrogen-bond donors (Lipinski definition) is 2. The van der Waals surface area contributed by atoms with Crippen molar-refractivity contribution in [1.29, 1.82) is 0 Å². The van der Waals surface area contributed by atoms with Crippen LogP contribution in [0.5, 0.6) is 0 Å². The number of fused-ring (bicyclic) bond motifs is 1. The van der Waals surface area contributed by atoms with E-state index in [4.69, 9.17) is 5.73 Å². The Bertz CT molecular complexity index is 912. The Morgan fingerprint density at radius 2 is 2.08 bits per heavy atom. The topological polar surface area (TPSA) is 98.7 Å². The Balaban J connectivity index is 1.91. The Hall–Kier alpha value is -2.80. The summed E-state index contributed by atoms with van der Waals surface area (Å²) in [5, 5.41) is 12.2. The molecule has 0 radical (unpaired) electrons. The zero-order valence-corrected chi connectivity index (χ0v) is 15.3. The van der Waals surface area contributed by atoms with Gasteiger partial charge in [-0.25, -0.2) is 4.68 Å². The predicted octanol–water partition coefficient (Wildman–Crippen LogP) is 2.23. The second kappa shape index (κ2) is 7.61. The molecule has 7 nitrogen and oxygen atoms in total. The molecule has 0 saturated carbocycles. The summed E-state index contributed by atoms with van der Waals surface area (Å²) in [6, 6.07) is 9.58. The van der Waals surface area contributed by atoms with Crippen LogP contribution in [0.3, 0.4) is 0 Å². The highest BCUT2D eigenvalue weighted by atomic mass is 16.2. The molecule has 0 aliphatic rings. The van der Waals surface area contributed by atoms with Gasteiger partial charge in [-0.3, -0.25) is 9.78 Å². The minimum Gasteiger partial charge on any atom is -0.347 e. The van der Waals surface area contributed by atoms with Crippen LogP contribution in [0.25, 0.3) is 16.6 Å². The van der Waals surface area contributed by atoms with Crippen molar-refractivity contribution in [3.63, 3.8) is 0 Å². The lowest BCUT2D eigenvalue weighted by atomic mass is 10.0. The van der Waals surface area contributed by atoms with Gasteiger partial charge in [-0.2, -0.15) is 0 Å². The SMILES string of the molecule is Cc1c(C(=O)NC(CN)CC(C)C)nnn1-c1cccc2ncccc12. The number of hydrogen-bond acceptors (Lipinski definition) is 5. The quantitative estimate of drug-likeness (QED) is 0.709. The number of nitrogens with two attached hydrogens (primary N) is 1. The molecule has 0 aliphatic carbocycles. The van der Waals surface area contributed by atoms with Crippen molar-refractivity contribution < 1.29 is 4.79 Å². The van der Waals surface area contributed by atoms with Crippen LogP contribution in [0.1, 0.15) is 36.5 Å².